The summed E-state index contributed by atoms with van der Waals surface area (Å²) in [6, 6.07) is 6.70. The summed E-state index contributed by atoms with van der Waals surface area (Å²) < 4.78 is 5.31. The molecule has 23 heavy (non-hydrogen) atoms. The van der Waals surface area contributed by atoms with Crippen molar-refractivity contribution < 1.29 is 24.2 Å². The van der Waals surface area contributed by atoms with Crippen LogP contribution in [0.15, 0.2) is 24.3 Å². The third kappa shape index (κ3) is 3.68. The molecule has 2 fully saturated rings. The molecule has 7 nitrogen and oxygen atoms in total. The van der Waals surface area contributed by atoms with E-state index < -0.39 is 23.9 Å². The molecule has 3 rings (SSSR count). The molecule has 3 N–H and O–H groups in total. The van der Waals surface area contributed by atoms with E-state index in [1.165, 1.54) is 0 Å². The highest BCUT2D eigenvalue weighted by Gasteiger charge is 2.48. The van der Waals surface area contributed by atoms with Crippen molar-refractivity contribution in [1.82, 2.24) is 0 Å². The van der Waals surface area contributed by atoms with Crippen LogP contribution >= 0.6 is 0 Å². The van der Waals surface area contributed by atoms with Gasteiger partial charge in [0.1, 0.15) is 6.10 Å². The van der Waals surface area contributed by atoms with Crippen LogP contribution in [0, 0.1) is 11.8 Å². The number of ether oxygens (including phenoxy) is 1. The number of benzene rings is 1. The summed E-state index contributed by atoms with van der Waals surface area (Å²) in [6.45, 7) is 0.613. The van der Waals surface area contributed by atoms with Crippen molar-refractivity contribution in [3.05, 3.63) is 24.3 Å². The second-order valence-corrected chi connectivity index (χ2v) is 5.84. The lowest BCUT2D eigenvalue weighted by atomic mass is 10.2. The second kappa shape index (κ2) is 6.37. The summed E-state index contributed by atoms with van der Waals surface area (Å²) in [7, 11) is 0. The quantitative estimate of drug-likeness (QED) is 0.762. The smallest absolute Gasteiger partial charge is 0.307 e. The highest BCUT2D eigenvalue weighted by molar-refractivity contribution is 5.98. The molecule has 1 saturated carbocycles. The van der Waals surface area contributed by atoms with E-state index in [-0.39, 0.29) is 11.8 Å². The standard InChI is InChI=1S/C16H18N2O5/c19-14(11-8-12(11)16(21)22)17-9-3-5-10(6-4-9)18-15(20)13-2-1-7-23-13/h3-6,11-13H,1-2,7-8H2,(H,17,19)(H,18,20)(H,21,22). The minimum atomic E-state index is -0.933. The molecule has 1 aromatic rings. The molecular formula is C16H18N2O5. The molecule has 2 amide bonds. The Morgan fingerprint density at radius 2 is 1.61 bits per heavy atom. The fourth-order valence-electron chi connectivity index (χ4n) is 2.64. The highest BCUT2D eigenvalue weighted by Crippen LogP contribution is 2.39. The lowest BCUT2D eigenvalue weighted by Gasteiger charge is -2.11. The first-order valence-corrected chi connectivity index (χ1v) is 7.61. The van der Waals surface area contributed by atoms with Gasteiger partial charge in [-0.1, -0.05) is 0 Å². The van der Waals surface area contributed by atoms with Gasteiger partial charge < -0.3 is 20.5 Å². The van der Waals surface area contributed by atoms with Crippen LogP contribution in [0.3, 0.4) is 0 Å². The number of nitrogens with one attached hydrogen (secondary N) is 2. The molecule has 7 heteroatoms. The number of aliphatic carboxylic acids is 1. The summed E-state index contributed by atoms with van der Waals surface area (Å²) in [5.74, 6) is -2.40. The predicted molar refractivity (Wildman–Crippen MR) is 81.9 cm³/mol. The molecule has 3 atom stereocenters. The molecule has 0 radical (unpaired) electrons. The first kappa shape index (κ1) is 15.5. The van der Waals surface area contributed by atoms with E-state index in [0.717, 1.165) is 12.8 Å². The van der Waals surface area contributed by atoms with Crippen LogP contribution in [0.2, 0.25) is 0 Å². The Morgan fingerprint density at radius 1 is 1.00 bits per heavy atom. The number of hydrogen-bond donors (Lipinski definition) is 3. The third-order valence-electron chi connectivity index (χ3n) is 4.09. The molecule has 1 heterocycles. The summed E-state index contributed by atoms with van der Waals surface area (Å²) in [4.78, 5) is 34.5. The van der Waals surface area contributed by atoms with E-state index in [4.69, 9.17) is 9.84 Å². The Morgan fingerprint density at radius 3 is 2.09 bits per heavy atom. The van der Waals surface area contributed by atoms with Gasteiger partial charge in [0.05, 0.1) is 11.8 Å². The number of carbonyl (C=O) groups is 3. The van der Waals surface area contributed by atoms with E-state index in [1.54, 1.807) is 24.3 Å². The molecule has 2 aliphatic rings. The van der Waals surface area contributed by atoms with E-state index in [1.807, 2.05) is 0 Å². The van der Waals surface area contributed by atoms with Crippen LogP contribution in [-0.4, -0.2) is 35.6 Å². The van der Waals surface area contributed by atoms with Gasteiger partial charge in [-0.25, -0.2) is 0 Å². The third-order valence-corrected chi connectivity index (χ3v) is 4.09. The van der Waals surface area contributed by atoms with Crippen LogP contribution in [0.1, 0.15) is 19.3 Å². The fraction of sp³-hybridized carbons (Fsp3) is 0.438. The molecule has 0 aromatic heterocycles. The largest absolute Gasteiger partial charge is 0.481 e. The Bertz CT molecular complexity index is 622. The molecule has 3 unspecified atom stereocenters. The van der Waals surface area contributed by atoms with Crippen molar-refractivity contribution in [2.45, 2.75) is 25.4 Å². The van der Waals surface area contributed by atoms with Gasteiger partial charge in [0, 0.05) is 18.0 Å². The maximum atomic E-state index is 11.9. The monoisotopic (exact) mass is 318 g/mol. The number of amides is 2. The number of rotatable bonds is 5. The Hall–Kier alpha value is -2.41. The normalized spacial score (nSPS) is 25.7. The minimum Gasteiger partial charge on any atom is -0.481 e. The zero-order chi connectivity index (χ0) is 16.4. The average molecular weight is 318 g/mol. The predicted octanol–water partition coefficient (Wildman–Crippen LogP) is 1.46. The molecule has 1 aromatic carbocycles. The number of carbonyl (C=O) groups excluding carboxylic acids is 2. The van der Waals surface area contributed by atoms with Crippen molar-refractivity contribution in [3.63, 3.8) is 0 Å². The minimum absolute atomic E-state index is 0.165. The molecule has 1 aliphatic heterocycles. The Kier molecular flexibility index (Phi) is 4.29. The summed E-state index contributed by atoms with van der Waals surface area (Å²) in [5.41, 5.74) is 1.19. The van der Waals surface area contributed by atoms with Crippen LogP contribution in [-0.2, 0) is 19.1 Å². The maximum Gasteiger partial charge on any atom is 0.307 e. The maximum absolute atomic E-state index is 11.9. The Labute approximate surface area is 133 Å². The van der Waals surface area contributed by atoms with Crippen LogP contribution in [0.25, 0.3) is 0 Å². The van der Waals surface area contributed by atoms with Gasteiger partial charge in [-0.15, -0.1) is 0 Å². The first-order chi connectivity index (χ1) is 11.0. The van der Waals surface area contributed by atoms with E-state index in [2.05, 4.69) is 10.6 Å². The van der Waals surface area contributed by atoms with Crippen molar-refractivity contribution in [2.24, 2.45) is 11.8 Å². The zero-order valence-corrected chi connectivity index (χ0v) is 12.5. The van der Waals surface area contributed by atoms with Gasteiger partial charge in [-0.05, 0) is 43.5 Å². The molecule has 122 valence electrons. The molecular weight excluding hydrogens is 300 g/mol. The van der Waals surface area contributed by atoms with E-state index in [9.17, 15) is 14.4 Å². The van der Waals surface area contributed by atoms with Gasteiger partial charge in [0.25, 0.3) is 5.91 Å². The first-order valence-electron chi connectivity index (χ1n) is 7.61. The van der Waals surface area contributed by atoms with Crippen molar-refractivity contribution in [2.75, 3.05) is 17.2 Å². The summed E-state index contributed by atoms with van der Waals surface area (Å²) in [5, 5.41) is 14.3. The molecule has 0 bridgehead atoms. The number of carboxylic acid groups (broad SMARTS) is 1. The highest BCUT2D eigenvalue weighted by atomic mass is 16.5. The van der Waals surface area contributed by atoms with Crippen molar-refractivity contribution in [3.8, 4) is 0 Å². The summed E-state index contributed by atoms with van der Waals surface area (Å²) in [6.07, 6.45) is 1.61. The topological polar surface area (TPSA) is 105 Å². The van der Waals surface area contributed by atoms with Gasteiger partial charge in [-0.3, -0.25) is 14.4 Å². The molecule has 1 saturated heterocycles. The summed E-state index contributed by atoms with van der Waals surface area (Å²) >= 11 is 0. The van der Waals surface area contributed by atoms with Gasteiger partial charge >= 0.3 is 5.97 Å². The van der Waals surface area contributed by atoms with Crippen molar-refractivity contribution in [1.29, 1.82) is 0 Å². The molecule has 1 aliphatic carbocycles. The van der Waals surface area contributed by atoms with Gasteiger partial charge in [0.15, 0.2) is 0 Å². The van der Waals surface area contributed by atoms with Crippen LogP contribution in [0.4, 0.5) is 11.4 Å². The number of carboxylic acids is 1. The van der Waals surface area contributed by atoms with Crippen LogP contribution < -0.4 is 10.6 Å². The van der Waals surface area contributed by atoms with Gasteiger partial charge in [-0.2, -0.15) is 0 Å². The van der Waals surface area contributed by atoms with Gasteiger partial charge in [0.2, 0.25) is 5.91 Å². The number of hydrogen-bond acceptors (Lipinski definition) is 4. The zero-order valence-electron chi connectivity index (χ0n) is 12.5. The van der Waals surface area contributed by atoms with Crippen LogP contribution in [0.5, 0.6) is 0 Å². The lowest BCUT2D eigenvalue weighted by Crippen LogP contribution is -2.26. The van der Waals surface area contributed by atoms with Crippen molar-refractivity contribution >= 4 is 29.2 Å². The lowest BCUT2D eigenvalue weighted by molar-refractivity contribution is -0.139. The molecule has 0 spiro atoms. The second-order valence-electron chi connectivity index (χ2n) is 5.84. The van der Waals surface area contributed by atoms with E-state index >= 15 is 0 Å². The van der Waals surface area contributed by atoms with E-state index in [0.29, 0.717) is 24.4 Å². The number of anilines is 2. The Balaban J connectivity index is 1.52. The average Bonchev–Trinajstić information content (AvgIpc) is 3.16. The fourth-order valence-corrected chi connectivity index (χ4v) is 2.64. The SMILES string of the molecule is O=C(Nc1ccc(NC(=O)C2CC2C(=O)O)cc1)C1CCCO1.